The number of methoxy groups -OCH3 is 2. The average molecular weight is 308 g/mol. The number of carbonyl (C=O) groups is 1. The Morgan fingerprint density at radius 3 is 2.75 bits per heavy atom. The fourth-order valence-corrected chi connectivity index (χ4v) is 1.97. The van der Waals surface area contributed by atoms with Crippen LogP contribution < -0.4 is 4.74 Å². The topological polar surface area (TPSA) is 35.5 Å². The standard InChI is InChI=1S/C11H12BrClO3/c1-15-8-3-4-10(13)7(5-8)6-9(12)11(14)16-2/h3-5,9H,6H2,1-2H3. The Morgan fingerprint density at radius 2 is 2.19 bits per heavy atom. The normalized spacial score (nSPS) is 12.0. The van der Waals surface area contributed by atoms with Crippen LogP contribution in [0.1, 0.15) is 5.56 Å². The predicted molar refractivity (Wildman–Crippen MR) is 66.4 cm³/mol. The Balaban J connectivity index is 2.83. The molecule has 0 aromatic heterocycles. The SMILES string of the molecule is COC(=O)C(Br)Cc1cc(OC)ccc1Cl. The molecule has 0 spiro atoms. The molecule has 0 aliphatic heterocycles. The van der Waals surface area contributed by atoms with Crippen molar-refractivity contribution in [1.82, 2.24) is 0 Å². The highest BCUT2D eigenvalue weighted by Crippen LogP contribution is 2.24. The van der Waals surface area contributed by atoms with E-state index in [-0.39, 0.29) is 5.97 Å². The monoisotopic (exact) mass is 306 g/mol. The van der Waals surface area contributed by atoms with Crippen LogP contribution in [0.3, 0.4) is 0 Å². The van der Waals surface area contributed by atoms with Crippen molar-refractivity contribution >= 4 is 33.5 Å². The number of esters is 1. The van der Waals surface area contributed by atoms with E-state index < -0.39 is 4.83 Å². The summed E-state index contributed by atoms with van der Waals surface area (Å²) in [5.41, 5.74) is 0.841. The Kier molecular flexibility index (Phi) is 5.09. The van der Waals surface area contributed by atoms with E-state index in [0.29, 0.717) is 17.2 Å². The van der Waals surface area contributed by atoms with Crippen LogP contribution in [0, 0.1) is 0 Å². The minimum Gasteiger partial charge on any atom is -0.497 e. The molecule has 1 aromatic carbocycles. The third kappa shape index (κ3) is 3.39. The van der Waals surface area contributed by atoms with Gasteiger partial charge in [0.2, 0.25) is 0 Å². The van der Waals surface area contributed by atoms with E-state index in [1.807, 2.05) is 0 Å². The number of hydrogen-bond donors (Lipinski definition) is 0. The number of rotatable bonds is 4. The molecule has 88 valence electrons. The van der Waals surface area contributed by atoms with Gasteiger partial charge in [-0.3, -0.25) is 4.79 Å². The van der Waals surface area contributed by atoms with E-state index in [2.05, 4.69) is 20.7 Å². The van der Waals surface area contributed by atoms with Crippen molar-refractivity contribution in [3.05, 3.63) is 28.8 Å². The molecule has 16 heavy (non-hydrogen) atoms. The Labute approximate surface area is 108 Å². The highest BCUT2D eigenvalue weighted by molar-refractivity contribution is 9.10. The molecule has 0 fully saturated rings. The first-order chi connectivity index (χ1) is 7.58. The molecule has 0 aliphatic carbocycles. The molecule has 1 aromatic rings. The quantitative estimate of drug-likeness (QED) is 0.634. The van der Waals surface area contributed by atoms with Gasteiger partial charge in [-0.25, -0.2) is 0 Å². The molecule has 3 nitrogen and oxygen atoms in total. The zero-order valence-electron chi connectivity index (χ0n) is 9.00. The molecule has 0 saturated carbocycles. The number of hydrogen-bond acceptors (Lipinski definition) is 3. The molecule has 1 rings (SSSR count). The van der Waals surface area contributed by atoms with Crippen molar-refractivity contribution in [1.29, 1.82) is 0 Å². The lowest BCUT2D eigenvalue weighted by atomic mass is 10.1. The van der Waals surface area contributed by atoms with Crippen LogP contribution in [0.4, 0.5) is 0 Å². The summed E-state index contributed by atoms with van der Waals surface area (Å²) in [5, 5.41) is 0.606. The Bertz CT molecular complexity index is 381. The smallest absolute Gasteiger partial charge is 0.319 e. The predicted octanol–water partition coefficient (Wildman–Crippen LogP) is 2.83. The lowest BCUT2D eigenvalue weighted by Crippen LogP contribution is -2.18. The van der Waals surface area contributed by atoms with E-state index in [4.69, 9.17) is 16.3 Å². The van der Waals surface area contributed by atoms with Gasteiger partial charge in [0.1, 0.15) is 10.6 Å². The molecular formula is C11H12BrClO3. The summed E-state index contributed by atoms with van der Waals surface area (Å²) in [7, 11) is 2.93. The molecule has 0 heterocycles. The first kappa shape index (κ1) is 13.3. The zero-order valence-corrected chi connectivity index (χ0v) is 11.3. The molecule has 0 saturated heterocycles. The van der Waals surface area contributed by atoms with Crippen molar-refractivity contribution < 1.29 is 14.3 Å². The van der Waals surface area contributed by atoms with Gasteiger partial charge >= 0.3 is 5.97 Å². The van der Waals surface area contributed by atoms with Gasteiger partial charge in [0, 0.05) is 5.02 Å². The van der Waals surface area contributed by atoms with Crippen LogP contribution in [-0.2, 0) is 16.0 Å². The summed E-state index contributed by atoms with van der Waals surface area (Å²) in [6.07, 6.45) is 0.461. The Hall–Kier alpha value is -0.740. The molecule has 0 N–H and O–H groups in total. The minimum atomic E-state index is -0.401. The van der Waals surface area contributed by atoms with E-state index >= 15 is 0 Å². The second-order valence-electron chi connectivity index (χ2n) is 3.15. The van der Waals surface area contributed by atoms with Crippen LogP contribution in [0.2, 0.25) is 5.02 Å². The van der Waals surface area contributed by atoms with E-state index in [9.17, 15) is 4.79 Å². The lowest BCUT2D eigenvalue weighted by molar-refractivity contribution is -0.139. The molecule has 0 amide bonds. The molecule has 0 radical (unpaired) electrons. The second-order valence-corrected chi connectivity index (χ2v) is 4.66. The van der Waals surface area contributed by atoms with Gasteiger partial charge in [-0.1, -0.05) is 27.5 Å². The fraction of sp³-hybridized carbons (Fsp3) is 0.364. The molecule has 1 unspecified atom stereocenters. The summed E-state index contributed by atoms with van der Waals surface area (Å²) >= 11 is 9.26. The van der Waals surface area contributed by atoms with E-state index in [1.165, 1.54) is 7.11 Å². The summed E-state index contributed by atoms with van der Waals surface area (Å²) in [5.74, 6) is 0.392. The summed E-state index contributed by atoms with van der Waals surface area (Å²) < 4.78 is 9.71. The zero-order chi connectivity index (χ0) is 12.1. The molecular weight excluding hydrogens is 295 g/mol. The molecule has 5 heteroatoms. The number of halogens is 2. The number of ether oxygens (including phenoxy) is 2. The highest BCUT2D eigenvalue weighted by atomic mass is 79.9. The van der Waals surface area contributed by atoms with Crippen LogP contribution in [0.5, 0.6) is 5.75 Å². The van der Waals surface area contributed by atoms with Crippen molar-refractivity contribution in [2.45, 2.75) is 11.2 Å². The van der Waals surface area contributed by atoms with Gasteiger partial charge in [-0.2, -0.15) is 0 Å². The number of benzene rings is 1. The first-order valence-electron chi connectivity index (χ1n) is 4.62. The minimum absolute atomic E-state index is 0.320. The highest BCUT2D eigenvalue weighted by Gasteiger charge is 2.17. The van der Waals surface area contributed by atoms with Gasteiger partial charge < -0.3 is 9.47 Å². The molecule has 1 atom stereocenters. The van der Waals surface area contributed by atoms with Gasteiger partial charge in [0.25, 0.3) is 0 Å². The van der Waals surface area contributed by atoms with Crippen molar-refractivity contribution in [2.24, 2.45) is 0 Å². The van der Waals surface area contributed by atoms with Gasteiger partial charge in [0.05, 0.1) is 14.2 Å². The third-order valence-electron chi connectivity index (χ3n) is 2.11. The number of alkyl halides is 1. The average Bonchev–Trinajstić information content (AvgIpc) is 2.30. The van der Waals surface area contributed by atoms with E-state index in [0.717, 1.165) is 5.56 Å². The summed E-state index contributed by atoms with van der Waals surface area (Å²) in [6, 6.07) is 5.32. The van der Waals surface area contributed by atoms with Crippen molar-refractivity contribution in [3.8, 4) is 5.75 Å². The van der Waals surface area contributed by atoms with Crippen molar-refractivity contribution in [3.63, 3.8) is 0 Å². The van der Waals surface area contributed by atoms with Gasteiger partial charge in [-0.15, -0.1) is 0 Å². The van der Waals surface area contributed by atoms with Crippen LogP contribution in [-0.4, -0.2) is 25.0 Å². The van der Waals surface area contributed by atoms with Gasteiger partial charge in [-0.05, 0) is 30.2 Å². The van der Waals surface area contributed by atoms with E-state index in [1.54, 1.807) is 25.3 Å². The third-order valence-corrected chi connectivity index (χ3v) is 3.18. The fourth-order valence-electron chi connectivity index (χ4n) is 1.24. The largest absolute Gasteiger partial charge is 0.497 e. The summed E-state index contributed by atoms with van der Waals surface area (Å²) in [4.78, 5) is 10.8. The van der Waals surface area contributed by atoms with Crippen LogP contribution in [0.15, 0.2) is 18.2 Å². The second kappa shape index (κ2) is 6.11. The maximum atomic E-state index is 11.2. The Morgan fingerprint density at radius 1 is 1.50 bits per heavy atom. The van der Waals surface area contributed by atoms with Crippen molar-refractivity contribution in [2.75, 3.05) is 14.2 Å². The summed E-state index contributed by atoms with van der Waals surface area (Å²) in [6.45, 7) is 0. The maximum absolute atomic E-state index is 11.2. The maximum Gasteiger partial charge on any atom is 0.319 e. The van der Waals surface area contributed by atoms with Gasteiger partial charge in [0.15, 0.2) is 0 Å². The molecule has 0 bridgehead atoms. The van der Waals surface area contributed by atoms with Crippen LogP contribution >= 0.6 is 27.5 Å². The van der Waals surface area contributed by atoms with Crippen LogP contribution in [0.25, 0.3) is 0 Å². The lowest BCUT2D eigenvalue weighted by Gasteiger charge is -2.10. The first-order valence-corrected chi connectivity index (χ1v) is 5.92. The number of carbonyl (C=O) groups excluding carboxylic acids is 1. The molecule has 0 aliphatic rings.